The lowest BCUT2D eigenvalue weighted by atomic mass is 9.89. The molecule has 0 heterocycles. The van der Waals surface area contributed by atoms with E-state index in [1.165, 1.54) is 11.1 Å². The van der Waals surface area contributed by atoms with Gasteiger partial charge in [0.25, 0.3) is 0 Å². The van der Waals surface area contributed by atoms with Crippen molar-refractivity contribution in [2.45, 2.75) is 46.6 Å². The number of aryl methyl sites for hydroxylation is 1. The van der Waals surface area contributed by atoms with Gasteiger partial charge >= 0.3 is 0 Å². The smallest absolute Gasteiger partial charge is 0.0683 e. The van der Waals surface area contributed by atoms with E-state index in [0.717, 1.165) is 32.4 Å². The largest absolute Gasteiger partial charge is 0.302 e. The fraction of sp³-hybridized carbons (Fsp3) is 0.588. The second-order valence-electron chi connectivity index (χ2n) is 6.18. The first-order valence-electron chi connectivity index (χ1n) is 7.08. The van der Waals surface area contributed by atoms with Crippen molar-refractivity contribution in [2.24, 2.45) is 5.41 Å². The van der Waals surface area contributed by atoms with Crippen LogP contribution in [0, 0.1) is 23.7 Å². The Kier molecular flexibility index (Phi) is 6.05. The Morgan fingerprint density at radius 2 is 2.00 bits per heavy atom. The highest BCUT2D eigenvalue weighted by Gasteiger charge is 2.15. The molecule has 0 saturated heterocycles. The highest BCUT2D eigenvalue weighted by atomic mass is 15.1. The minimum absolute atomic E-state index is 0.172. The normalized spacial score (nSPS) is 11.6. The minimum atomic E-state index is -0.172. The van der Waals surface area contributed by atoms with Crippen LogP contribution in [0.15, 0.2) is 24.3 Å². The first-order valence-corrected chi connectivity index (χ1v) is 7.08. The molecule has 2 nitrogen and oxygen atoms in total. The fourth-order valence-corrected chi connectivity index (χ4v) is 2.21. The van der Waals surface area contributed by atoms with Crippen LogP contribution in [0.2, 0.25) is 0 Å². The molecule has 1 aromatic rings. The number of hydrogen-bond donors (Lipinski definition) is 0. The molecule has 0 unspecified atom stereocenters. The quantitative estimate of drug-likeness (QED) is 0.687. The zero-order chi connectivity index (χ0) is 14.3. The molecule has 0 radical (unpaired) electrons. The van der Waals surface area contributed by atoms with Crippen molar-refractivity contribution in [3.8, 4) is 6.07 Å². The summed E-state index contributed by atoms with van der Waals surface area (Å²) in [6, 6.07) is 11.0. The summed E-state index contributed by atoms with van der Waals surface area (Å²) >= 11 is 0. The molecular formula is C17H26N2. The van der Waals surface area contributed by atoms with E-state index in [1.807, 2.05) is 13.8 Å². The van der Waals surface area contributed by atoms with Crippen LogP contribution in [0.3, 0.4) is 0 Å². The molecular weight excluding hydrogens is 232 g/mol. The topological polar surface area (TPSA) is 27.0 Å². The predicted octanol–water partition coefficient (Wildman–Crippen LogP) is 4.15. The molecule has 1 aromatic carbocycles. The third-order valence-corrected chi connectivity index (χ3v) is 3.43. The summed E-state index contributed by atoms with van der Waals surface area (Å²) < 4.78 is 0. The van der Waals surface area contributed by atoms with E-state index >= 15 is 0 Å². The number of unbranched alkanes of at least 4 members (excludes halogenated alkanes) is 1. The van der Waals surface area contributed by atoms with Crippen LogP contribution < -0.4 is 0 Å². The Labute approximate surface area is 118 Å². The van der Waals surface area contributed by atoms with Gasteiger partial charge in [0.1, 0.15) is 0 Å². The Hall–Kier alpha value is -1.33. The van der Waals surface area contributed by atoms with Crippen molar-refractivity contribution in [3.05, 3.63) is 35.4 Å². The lowest BCUT2D eigenvalue weighted by Crippen LogP contribution is -2.19. The lowest BCUT2D eigenvalue weighted by molar-refractivity contribution is 0.307. The molecule has 0 fully saturated rings. The van der Waals surface area contributed by atoms with Crippen LogP contribution in [-0.2, 0) is 6.54 Å². The van der Waals surface area contributed by atoms with Gasteiger partial charge in [0.05, 0.1) is 11.5 Å². The predicted molar refractivity (Wildman–Crippen MR) is 80.8 cm³/mol. The van der Waals surface area contributed by atoms with Crippen LogP contribution >= 0.6 is 0 Å². The number of hydrogen-bond acceptors (Lipinski definition) is 2. The average molecular weight is 258 g/mol. The van der Waals surface area contributed by atoms with Crippen LogP contribution in [0.5, 0.6) is 0 Å². The summed E-state index contributed by atoms with van der Waals surface area (Å²) in [5, 5.41) is 8.96. The molecule has 0 bridgehead atoms. The van der Waals surface area contributed by atoms with Crippen molar-refractivity contribution in [3.63, 3.8) is 0 Å². The number of rotatable bonds is 7. The standard InChI is InChI=1S/C17H26N2/c1-15-8-7-9-16(12-15)13-19(4)11-6-5-10-17(2,3)14-18/h7-9,12H,5-6,10-11,13H2,1-4H3. The minimum Gasteiger partial charge on any atom is -0.302 e. The summed E-state index contributed by atoms with van der Waals surface area (Å²) in [6.07, 6.45) is 3.27. The van der Waals surface area contributed by atoms with Crippen LogP contribution in [0.1, 0.15) is 44.2 Å². The van der Waals surface area contributed by atoms with Gasteiger partial charge in [-0.25, -0.2) is 0 Å². The molecule has 0 aromatic heterocycles. The molecule has 0 aliphatic rings. The summed E-state index contributed by atoms with van der Waals surface area (Å²) in [7, 11) is 2.16. The van der Waals surface area contributed by atoms with Crippen molar-refractivity contribution in [1.29, 1.82) is 5.26 Å². The highest BCUT2D eigenvalue weighted by Crippen LogP contribution is 2.21. The Morgan fingerprint density at radius 3 is 2.63 bits per heavy atom. The Bertz CT molecular complexity index is 429. The molecule has 2 heteroatoms. The van der Waals surface area contributed by atoms with E-state index in [2.05, 4.69) is 49.2 Å². The van der Waals surface area contributed by atoms with E-state index in [4.69, 9.17) is 5.26 Å². The molecule has 19 heavy (non-hydrogen) atoms. The van der Waals surface area contributed by atoms with E-state index in [0.29, 0.717) is 0 Å². The summed E-state index contributed by atoms with van der Waals surface area (Å²) in [5.41, 5.74) is 2.52. The summed E-state index contributed by atoms with van der Waals surface area (Å²) in [5.74, 6) is 0. The van der Waals surface area contributed by atoms with Gasteiger partial charge in [0.15, 0.2) is 0 Å². The van der Waals surface area contributed by atoms with Gasteiger partial charge in [-0.2, -0.15) is 5.26 Å². The van der Waals surface area contributed by atoms with Gasteiger partial charge in [-0.15, -0.1) is 0 Å². The molecule has 0 N–H and O–H groups in total. The van der Waals surface area contributed by atoms with Crippen molar-refractivity contribution >= 4 is 0 Å². The van der Waals surface area contributed by atoms with Crippen molar-refractivity contribution < 1.29 is 0 Å². The number of nitrogens with zero attached hydrogens (tertiary/aromatic N) is 2. The molecule has 0 spiro atoms. The first-order chi connectivity index (χ1) is 8.93. The second-order valence-corrected chi connectivity index (χ2v) is 6.18. The van der Waals surface area contributed by atoms with Crippen LogP contribution in [-0.4, -0.2) is 18.5 Å². The van der Waals surface area contributed by atoms with Crippen molar-refractivity contribution in [1.82, 2.24) is 4.90 Å². The third-order valence-electron chi connectivity index (χ3n) is 3.43. The molecule has 1 rings (SSSR count). The molecule has 0 aliphatic heterocycles. The van der Waals surface area contributed by atoms with Gasteiger partial charge < -0.3 is 4.90 Å². The summed E-state index contributed by atoms with van der Waals surface area (Å²) in [6.45, 7) is 8.26. The zero-order valence-electron chi connectivity index (χ0n) is 12.7. The lowest BCUT2D eigenvalue weighted by Gasteiger charge is -2.19. The van der Waals surface area contributed by atoms with Gasteiger partial charge in [-0.1, -0.05) is 36.2 Å². The van der Waals surface area contributed by atoms with Gasteiger partial charge in [-0.05, 0) is 52.8 Å². The molecule has 0 atom stereocenters. The molecule has 0 aliphatic carbocycles. The Balaban J connectivity index is 2.25. The van der Waals surface area contributed by atoms with Gasteiger partial charge in [0.2, 0.25) is 0 Å². The number of benzene rings is 1. The van der Waals surface area contributed by atoms with Gasteiger partial charge in [-0.3, -0.25) is 0 Å². The van der Waals surface area contributed by atoms with Crippen molar-refractivity contribution in [2.75, 3.05) is 13.6 Å². The summed E-state index contributed by atoms with van der Waals surface area (Å²) in [4.78, 5) is 2.36. The zero-order valence-corrected chi connectivity index (χ0v) is 12.7. The van der Waals surface area contributed by atoms with Crippen LogP contribution in [0.25, 0.3) is 0 Å². The molecule has 0 amide bonds. The maximum Gasteiger partial charge on any atom is 0.0683 e. The first kappa shape index (κ1) is 15.7. The average Bonchev–Trinajstić information content (AvgIpc) is 2.35. The molecule has 104 valence electrons. The monoisotopic (exact) mass is 258 g/mol. The molecule has 0 saturated carbocycles. The maximum absolute atomic E-state index is 8.96. The third kappa shape index (κ3) is 6.40. The SMILES string of the molecule is Cc1cccc(CN(C)CCCCC(C)(C)C#N)c1. The Morgan fingerprint density at radius 1 is 1.26 bits per heavy atom. The van der Waals surface area contributed by atoms with E-state index < -0.39 is 0 Å². The van der Waals surface area contributed by atoms with Gasteiger partial charge in [0, 0.05) is 6.54 Å². The number of nitriles is 1. The second kappa shape index (κ2) is 7.31. The van der Waals surface area contributed by atoms with E-state index in [9.17, 15) is 0 Å². The van der Waals surface area contributed by atoms with E-state index in [-0.39, 0.29) is 5.41 Å². The maximum atomic E-state index is 8.96. The van der Waals surface area contributed by atoms with Crippen LogP contribution in [0.4, 0.5) is 0 Å². The fourth-order valence-electron chi connectivity index (χ4n) is 2.21. The highest BCUT2D eigenvalue weighted by molar-refractivity contribution is 5.21. The van der Waals surface area contributed by atoms with E-state index in [1.54, 1.807) is 0 Å².